The monoisotopic (exact) mass is 482 g/mol. The predicted octanol–water partition coefficient (Wildman–Crippen LogP) is 6.47. The molecule has 0 radical (unpaired) electrons. The number of aromatic nitrogens is 2. The second kappa shape index (κ2) is 9.19. The number of thiazole rings is 2. The number of halogens is 1. The van der Waals surface area contributed by atoms with Gasteiger partial charge in [0.05, 0.1) is 26.1 Å². The third kappa shape index (κ3) is 4.50. The number of benzene rings is 2. The topological polar surface area (TPSA) is 58.1 Å². The number of fused-ring (bicyclic) bond motifs is 1. The van der Waals surface area contributed by atoms with Gasteiger partial charge in [0.1, 0.15) is 11.5 Å². The van der Waals surface area contributed by atoms with E-state index in [1.54, 1.807) is 23.5 Å². The Morgan fingerprint density at radius 2 is 1.97 bits per heavy atom. The molecule has 1 saturated heterocycles. The summed E-state index contributed by atoms with van der Waals surface area (Å²) in [4.78, 5) is 25.8. The molecular formula is C25H27FN4OS2. The first-order valence-corrected chi connectivity index (χ1v) is 12.8. The third-order valence-electron chi connectivity index (χ3n) is 6.18. The minimum Gasteiger partial charge on any atom is -0.359 e. The number of rotatable bonds is 5. The molecule has 5 nitrogen and oxygen atoms in total. The van der Waals surface area contributed by atoms with E-state index in [1.807, 2.05) is 30.0 Å². The van der Waals surface area contributed by atoms with E-state index in [0.717, 1.165) is 43.6 Å². The van der Waals surface area contributed by atoms with Crippen LogP contribution in [0.5, 0.6) is 0 Å². The van der Waals surface area contributed by atoms with Crippen molar-refractivity contribution in [1.82, 2.24) is 14.9 Å². The Morgan fingerprint density at radius 1 is 1.18 bits per heavy atom. The molecule has 172 valence electrons. The molecule has 0 saturated carbocycles. The van der Waals surface area contributed by atoms with Gasteiger partial charge in [-0.05, 0) is 55.5 Å². The maximum absolute atomic E-state index is 13.7. The van der Waals surface area contributed by atoms with Crippen LogP contribution in [0.1, 0.15) is 36.7 Å². The van der Waals surface area contributed by atoms with Crippen LogP contribution in [0, 0.1) is 18.7 Å². The molecule has 33 heavy (non-hydrogen) atoms. The van der Waals surface area contributed by atoms with E-state index < -0.39 is 0 Å². The Bertz CT molecular complexity index is 1260. The van der Waals surface area contributed by atoms with E-state index >= 15 is 0 Å². The lowest BCUT2D eigenvalue weighted by Crippen LogP contribution is -2.51. The van der Waals surface area contributed by atoms with Crippen LogP contribution in [0.15, 0.2) is 48.5 Å². The lowest BCUT2D eigenvalue weighted by Gasteiger charge is -2.40. The average molecular weight is 483 g/mol. The molecule has 3 heterocycles. The number of nitrogens with zero attached hydrogens (tertiary/aromatic N) is 3. The summed E-state index contributed by atoms with van der Waals surface area (Å²) in [6.07, 6.45) is 2.05. The summed E-state index contributed by atoms with van der Waals surface area (Å²) in [5, 5.41) is 5.18. The lowest BCUT2D eigenvalue weighted by molar-refractivity contribution is 0.0535. The maximum Gasteiger partial charge on any atom is 0.274 e. The van der Waals surface area contributed by atoms with Gasteiger partial charge in [-0.25, -0.2) is 14.4 Å². The highest BCUT2D eigenvalue weighted by molar-refractivity contribution is 7.22. The minimum absolute atomic E-state index is 0. The van der Waals surface area contributed by atoms with Crippen molar-refractivity contribution in [2.24, 2.45) is 5.92 Å². The number of aryl methyl sites for hydroxylation is 1. The number of carbonyl (C=O) groups is 1. The molecule has 2 aromatic heterocycles. The Balaban J connectivity index is 0.00000274. The molecule has 5 rings (SSSR count). The van der Waals surface area contributed by atoms with E-state index in [1.165, 1.54) is 23.5 Å². The Hall–Kier alpha value is -2.84. The van der Waals surface area contributed by atoms with Crippen molar-refractivity contribution in [3.8, 4) is 10.4 Å². The number of hydrogen-bond acceptors (Lipinski definition) is 6. The van der Waals surface area contributed by atoms with E-state index in [-0.39, 0.29) is 19.2 Å². The summed E-state index contributed by atoms with van der Waals surface area (Å²) >= 11 is 3.11. The minimum atomic E-state index is -0.293. The molecular weight excluding hydrogens is 455 g/mol. The summed E-state index contributed by atoms with van der Waals surface area (Å²) in [6.45, 7) is 5.45. The fourth-order valence-electron chi connectivity index (χ4n) is 4.46. The van der Waals surface area contributed by atoms with Crippen LogP contribution in [0.3, 0.4) is 0 Å². The average Bonchev–Trinajstić information content (AvgIpc) is 3.41. The molecule has 1 aliphatic rings. The van der Waals surface area contributed by atoms with Crippen molar-refractivity contribution in [3.05, 3.63) is 65.0 Å². The van der Waals surface area contributed by atoms with Crippen LogP contribution >= 0.6 is 22.7 Å². The van der Waals surface area contributed by atoms with Crippen LogP contribution in [-0.4, -0.2) is 39.9 Å². The first-order valence-electron chi connectivity index (χ1n) is 11.1. The number of piperidine rings is 1. The van der Waals surface area contributed by atoms with Crippen molar-refractivity contribution in [1.29, 1.82) is 0 Å². The Morgan fingerprint density at radius 3 is 2.76 bits per heavy atom. The molecule has 0 unspecified atom stereocenters. The zero-order chi connectivity index (χ0) is 22.9. The van der Waals surface area contributed by atoms with E-state index in [0.29, 0.717) is 24.7 Å². The molecule has 1 N–H and O–H groups in total. The summed E-state index contributed by atoms with van der Waals surface area (Å²) in [7, 11) is 0. The first-order chi connectivity index (χ1) is 16.0. The quantitative estimate of drug-likeness (QED) is 0.354. The number of likely N-dealkylation sites (tertiary alicyclic amines) is 1. The second-order valence-electron chi connectivity index (χ2n) is 8.47. The van der Waals surface area contributed by atoms with Crippen molar-refractivity contribution >= 4 is 43.9 Å². The van der Waals surface area contributed by atoms with Gasteiger partial charge in [-0.15, -0.1) is 11.3 Å². The highest BCUT2D eigenvalue weighted by Gasteiger charge is 2.34. The molecule has 2 atom stereocenters. The third-order valence-corrected chi connectivity index (χ3v) is 8.19. The molecule has 1 amide bonds. The van der Waals surface area contributed by atoms with Crippen LogP contribution in [-0.2, 0) is 0 Å². The van der Waals surface area contributed by atoms with Gasteiger partial charge >= 0.3 is 0 Å². The fourth-order valence-corrected chi connectivity index (χ4v) is 6.25. The number of hydrogen-bond donors (Lipinski definition) is 1. The van der Waals surface area contributed by atoms with Crippen LogP contribution < -0.4 is 5.32 Å². The van der Waals surface area contributed by atoms with E-state index in [4.69, 9.17) is 0 Å². The van der Waals surface area contributed by atoms with Gasteiger partial charge in [0.2, 0.25) is 0 Å². The molecule has 1 fully saturated rings. The Labute approximate surface area is 201 Å². The number of amides is 1. The van der Waals surface area contributed by atoms with Gasteiger partial charge in [0, 0.05) is 14.5 Å². The van der Waals surface area contributed by atoms with Crippen molar-refractivity contribution < 1.29 is 10.6 Å². The van der Waals surface area contributed by atoms with Gasteiger partial charge in [0.25, 0.3) is 5.91 Å². The lowest BCUT2D eigenvalue weighted by atomic mass is 9.90. The highest BCUT2D eigenvalue weighted by atomic mass is 32.1. The van der Waals surface area contributed by atoms with Crippen molar-refractivity contribution in [2.75, 3.05) is 18.4 Å². The molecule has 4 aromatic rings. The normalized spacial score (nSPS) is 18.6. The van der Waals surface area contributed by atoms with Gasteiger partial charge < -0.3 is 10.2 Å². The predicted molar refractivity (Wildman–Crippen MR) is 136 cm³/mol. The van der Waals surface area contributed by atoms with Gasteiger partial charge in [0.15, 0.2) is 5.13 Å². The second-order valence-corrected chi connectivity index (χ2v) is 10.7. The molecule has 0 spiro atoms. The van der Waals surface area contributed by atoms with Gasteiger partial charge in [-0.3, -0.25) is 4.79 Å². The van der Waals surface area contributed by atoms with Crippen molar-refractivity contribution in [3.63, 3.8) is 0 Å². The molecule has 0 bridgehead atoms. The Kier molecular flexibility index (Phi) is 6.12. The summed E-state index contributed by atoms with van der Waals surface area (Å²) in [6, 6.07) is 14.4. The zero-order valence-corrected chi connectivity index (χ0v) is 20.2. The molecule has 2 aromatic carbocycles. The molecule has 1 aliphatic heterocycles. The number of carbonyl (C=O) groups excluding carboxylic acids is 1. The molecule has 0 aliphatic carbocycles. The van der Waals surface area contributed by atoms with Gasteiger partial charge in [-0.1, -0.05) is 42.5 Å². The van der Waals surface area contributed by atoms with Crippen LogP contribution in [0.4, 0.5) is 9.52 Å². The maximum atomic E-state index is 13.7. The van der Waals surface area contributed by atoms with Crippen molar-refractivity contribution in [2.45, 2.75) is 32.7 Å². The number of para-hydroxylation sites is 1. The largest absolute Gasteiger partial charge is 0.359 e. The number of anilines is 1. The smallest absolute Gasteiger partial charge is 0.274 e. The summed E-state index contributed by atoms with van der Waals surface area (Å²) < 4.78 is 14.6. The fraction of sp³-hybridized carbons (Fsp3) is 0.320. The summed E-state index contributed by atoms with van der Waals surface area (Å²) in [5.74, 6) is 0.0126. The SMILES string of the molecule is Cc1nc(C(=O)N2CCC[C@@H](C)[C@H]2CNc2nc3ccccc3s2)c(-c2ccc(F)cc2)s1.[HH]. The first kappa shape index (κ1) is 22.0. The highest BCUT2D eigenvalue weighted by Crippen LogP contribution is 2.34. The van der Waals surface area contributed by atoms with Crippen LogP contribution in [0.2, 0.25) is 0 Å². The standard InChI is InChI=1S/C25H25FN4OS2.H2/c1-15-6-5-13-30(20(15)14-27-25-29-19-7-3-4-8-21(19)33-25)24(31)22-23(32-16(2)28-22)17-9-11-18(26)12-10-17;/h3-4,7-12,15,20H,5-6,13-14H2,1-2H3,(H,27,29);1H/t15-,20-;/m1./s1. The zero-order valence-electron chi connectivity index (χ0n) is 18.5. The molecule has 8 heteroatoms. The van der Waals surface area contributed by atoms with Gasteiger partial charge in [-0.2, -0.15) is 0 Å². The van der Waals surface area contributed by atoms with Crippen LogP contribution in [0.25, 0.3) is 20.7 Å². The number of nitrogens with one attached hydrogen (secondary N) is 1. The summed E-state index contributed by atoms with van der Waals surface area (Å²) in [5.41, 5.74) is 2.26. The van der Waals surface area contributed by atoms with E-state index in [9.17, 15) is 9.18 Å². The van der Waals surface area contributed by atoms with E-state index in [2.05, 4.69) is 28.3 Å².